The van der Waals surface area contributed by atoms with E-state index in [-0.39, 0.29) is 21.4 Å². The normalized spacial score (nSPS) is 10.8. The van der Waals surface area contributed by atoms with Crippen molar-refractivity contribution >= 4 is 34.6 Å². The molecule has 0 aliphatic rings. The van der Waals surface area contributed by atoms with E-state index in [1.54, 1.807) is 52.7 Å². The van der Waals surface area contributed by atoms with Crippen molar-refractivity contribution in [3.63, 3.8) is 0 Å². The van der Waals surface area contributed by atoms with Crippen LogP contribution in [0.15, 0.2) is 24.3 Å². The Morgan fingerprint density at radius 3 is 1.21 bits per heavy atom. The molecule has 0 amide bonds. The SMILES string of the molecule is COCCN(CCOC)c1cc(OC)c(C(Oc2c(Cl)c(Cl)c(O)c(C#N)c2C#N)c2c(OC)cc(N(CCOC)CCOC)cc2OC)c(OC)c1. The maximum absolute atomic E-state index is 10.7. The van der Waals surface area contributed by atoms with Crippen LogP contribution in [0.2, 0.25) is 10.0 Å². The fourth-order valence-corrected chi connectivity index (χ4v) is 6.05. The Morgan fingerprint density at radius 2 is 0.925 bits per heavy atom. The average Bonchev–Trinajstić information content (AvgIpc) is 3.18. The summed E-state index contributed by atoms with van der Waals surface area (Å²) in [5.41, 5.74) is 1.39. The second-order valence-corrected chi connectivity index (χ2v) is 12.0. The Hall–Kier alpha value is -4.54. The van der Waals surface area contributed by atoms with E-state index < -0.39 is 17.4 Å². The van der Waals surface area contributed by atoms with Crippen LogP contribution in [0.5, 0.6) is 34.5 Å². The van der Waals surface area contributed by atoms with E-state index in [0.29, 0.717) is 86.7 Å². The molecule has 0 heterocycles. The monoisotopic (exact) mass is 776 g/mol. The van der Waals surface area contributed by atoms with Gasteiger partial charge in [-0.05, 0) is 0 Å². The Labute approximate surface area is 320 Å². The molecular formula is C37H46Cl2N4O10. The molecule has 16 heteroatoms. The predicted octanol–water partition coefficient (Wildman–Crippen LogP) is 5.84. The number of benzene rings is 3. The molecular weight excluding hydrogens is 731 g/mol. The Bertz CT molecular complexity index is 1620. The standard InChI is InChI=1S/C37H46Cl2N4O10/c1-45-13-9-42(10-14-46-2)23-17-27(49-5)31(28(18-23)50-6)37(53-36-26(22-41)25(21-40)35(44)33(38)34(36)39)32-29(51-7)19-24(20-30(32)52-8)43(11-15-47-3)12-16-48-4/h17-20,37,44H,9-16H2,1-8H3. The van der Waals surface area contributed by atoms with Crippen molar-refractivity contribution in [1.82, 2.24) is 0 Å². The number of methoxy groups -OCH3 is 8. The minimum atomic E-state index is -1.26. The van der Waals surface area contributed by atoms with Gasteiger partial charge in [-0.1, -0.05) is 23.2 Å². The second-order valence-electron chi connectivity index (χ2n) is 11.3. The van der Waals surface area contributed by atoms with Crippen molar-refractivity contribution in [3.05, 3.63) is 56.6 Å². The number of nitrogens with zero attached hydrogens (tertiary/aromatic N) is 4. The summed E-state index contributed by atoms with van der Waals surface area (Å²) in [7, 11) is 12.5. The molecule has 14 nitrogen and oxygen atoms in total. The Kier molecular flexibility index (Phi) is 17.2. The lowest BCUT2D eigenvalue weighted by Gasteiger charge is -2.31. The van der Waals surface area contributed by atoms with Gasteiger partial charge in [-0.2, -0.15) is 10.5 Å². The molecule has 0 spiro atoms. The number of hydrogen-bond donors (Lipinski definition) is 1. The third-order valence-corrected chi connectivity index (χ3v) is 9.17. The molecule has 3 rings (SSSR count). The van der Waals surface area contributed by atoms with Gasteiger partial charge in [0.25, 0.3) is 0 Å². The molecule has 0 fully saturated rings. The van der Waals surface area contributed by atoms with E-state index in [9.17, 15) is 15.6 Å². The van der Waals surface area contributed by atoms with Crippen LogP contribution in [0.25, 0.3) is 0 Å². The van der Waals surface area contributed by atoms with Gasteiger partial charge < -0.3 is 57.5 Å². The lowest BCUT2D eigenvalue weighted by Crippen LogP contribution is -2.31. The lowest BCUT2D eigenvalue weighted by atomic mass is 9.95. The number of nitriles is 2. The van der Waals surface area contributed by atoms with Crippen LogP contribution in [0.1, 0.15) is 28.4 Å². The van der Waals surface area contributed by atoms with Crippen LogP contribution in [-0.4, -0.2) is 115 Å². The van der Waals surface area contributed by atoms with Gasteiger partial charge in [0.05, 0.1) is 66.0 Å². The highest BCUT2D eigenvalue weighted by Crippen LogP contribution is 2.52. The molecule has 0 atom stereocenters. The van der Waals surface area contributed by atoms with E-state index in [2.05, 4.69) is 0 Å². The zero-order valence-corrected chi connectivity index (χ0v) is 32.7. The largest absolute Gasteiger partial charge is 0.505 e. The van der Waals surface area contributed by atoms with Crippen LogP contribution >= 0.6 is 23.2 Å². The summed E-state index contributed by atoms with van der Waals surface area (Å²) in [5, 5.41) is 30.2. The van der Waals surface area contributed by atoms with Crippen molar-refractivity contribution in [2.75, 3.05) is 119 Å². The van der Waals surface area contributed by atoms with Crippen molar-refractivity contribution in [2.24, 2.45) is 0 Å². The molecule has 0 aliphatic carbocycles. The zero-order chi connectivity index (χ0) is 39.1. The first-order valence-electron chi connectivity index (χ1n) is 16.3. The van der Waals surface area contributed by atoms with Crippen LogP contribution < -0.4 is 33.5 Å². The fraction of sp³-hybridized carbons (Fsp3) is 0.459. The highest BCUT2D eigenvalue weighted by atomic mass is 35.5. The van der Waals surface area contributed by atoms with Gasteiger partial charge in [-0.3, -0.25) is 0 Å². The topological polar surface area (TPSA) is 157 Å². The highest BCUT2D eigenvalue weighted by molar-refractivity contribution is 6.44. The van der Waals surface area contributed by atoms with Crippen LogP contribution in [0, 0.1) is 22.7 Å². The summed E-state index contributed by atoms with van der Waals surface area (Å²) in [6.45, 7) is 3.86. The van der Waals surface area contributed by atoms with Gasteiger partial charge in [0.15, 0.2) is 17.6 Å². The van der Waals surface area contributed by atoms with E-state index >= 15 is 0 Å². The van der Waals surface area contributed by atoms with Crippen molar-refractivity contribution < 1.29 is 47.7 Å². The molecule has 0 saturated heterocycles. The molecule has 0 unspecified atom stereocenters. The molecule has 1 N–H and O–H groups in total. The number of aromatic hydroxyl groups is 1. The third kappa shape index (κ3) is 9.91. The summed E-state index contributed by atoms with van der Waals surface area (Å²) in [4.78, 5) is 4.09. The van der Waals surface area contributed by atoms with Crippen molar-refractivity contribution in [3.8, 4) is 46.6 Å². The Balaban J connectivity index is 2.49. The van der Waals surface area contributed by atoms with Gasteiger partial charge in [0, 0.05) is 90.3 Å². The number of phenols is 1. The minimum absolute atomic E-state index is 0.275. The quantitative estimate of drug-likeness (QED) is 0.130. The molecule has 53 heavy (non-hydrogen) atoms. The van der Waals surface area contributed by atoms with E-state index in [1.165, 1.54) is 28.4 Å². The fourth-order valence-electron chi connectivity index (χ4n) is 5.64. The number of hydrogen-bond acceptors (Lipinski definition) is 14. The molecule has 0 bridgehead atoms. The van der Waals surface area contributed by atoms with Gasteiger partial charge in [-0.25, -0.2) is 0 Å². The zero-order valence-electron chi connectivity index (χ0n) is 31.2. The van der Waals surface area contributed by atoms with E-state index in [0.717, 1.165) is 11.4 Å². The summed E-state index contributed by atoms with van der Waals surface area (Å²) >= 11 is 13.1. The predicted molar refractivity (Wildman–Crippen MR) is 201 cm³/mol. The number of rotatable bonds is 22. The van der Waals surface area contributed by atoms with Gasteiger partial charge in [0.2, 0.25) is 0 Å². The summed E-state index contributed by atoms with van der Waals surface area (Å²) in [5.74, 6) is 0.346. The van der Waals surface area contributed by atoms with Crippen molar-refractivity contribution in [2.45, 2.75) is 6.10 Å². The average molecular weight is 778 g/mol. The summed E-state index contributed by atoms with van der Waals surface area (Å²) in [6, 6.07) is 11.0. The highest BCUT2D eigenvalue weighted by Gasteiger charge is 2.35. The number of ether oxygens (including phenoxy) is 9. The van der Waals surface area contributed by atoms with E-state index in [1.807, 2.05) is 21.9 Å². The van der Waals surface area contributed by atoms with E-state index in [4.69, 9.17) is 65.8 Å². The maximum atomic E-state index is 10.7. The Morgan fingerprint density at radius 1 is 0.585 bits per heavy atom. The van der Waals surface area contributed by atoms with Gasteiger partial charge in [-0.15, -0.1) is 0 Å². The summed E-state index contributed by atoms with van der Waals surface area (Å²) in [6.07, 6.45) is -1.26. The molecule has 0 radical (unpaired) electrons. The lowest BCUT2D eigenvalue weighted by molar-refractivity contribution is 0.190. The number of phenolic OH excluding ortho intramolecular Hbond substituents is 1. The van der Waals surface area contributed by atoms with Crippen LogP contribution in [0.4, 0.5) is 11.4 Å². The molecule has 0 saturated carbocycles. The minimum Gasteiger partial charge on any atom is -0.505 e. The molecule has 0 aliphatic heterocycles. The molecule has 3 aromatic rings. The van der Waals surface area contributed by atoms with Crippen LogP contribution in [-0.2, 0) is 18.9 Å². The van der Waals surface area contributed by atoms with Gasteiger partial charge >= 0.3 is 0 Å². The molecule has 288 valence electrons. The summed E-state index contributed by atoms with van der Waals surface area (Å²) < 4.78 is 52.2. The molecule has 0 aromatic heterocycles. The first kappa shape index (κ1) is 42.9. The number of anilines is 2. The van der Waals surface area contributed by atoms with Crippen molar-refractivity contribution in [1.29, 1.82) is 10.5 Å². The second kappa shape index (κ2) is 21.2. The number of halogens is 2. The molecule has 3 aromatic carbocycles. The third-order valence-electron chi connectivity index (χ3n) is 8.35. The van der Waals surface area contributed by atoms with Crippen LogP contribution in [0.3, 0.4) is 0 Å². The maximum Gasteiger partial charge on any atom is 0.163 e. The first-order valence-corrected chi connectivity index (χ1v) is 17.1. The van der Waals surface area contributed by atoms with Gasteiger partial charge in [0.1, 0.15) is 56.3 Å². The first-order chi connectivity index (χ1) is 25.6. The smallest absolute Gasteiger partial charge is 0.163 e.